The van der Waals surface area contributed by atoms with Crippen LogP contribution in [0.3, 0.4) is 0 Å². The minimum absolute atomic E-state index is 0.182. The van der Waals surface area contributed by atoms with E-state index in [1.165, 1.54) is 6.20 Å². The topological polar surface area (TPSA) is 100 Å². The number of carboxylic acids is 1. The van der Waals surface area contributed by atoms with Gasteiger partial charge in [-0.1, -0.05) is 6.07 Å². The molecule has 1 heterocycles. The van der Waals surface area contributed by atoms with Gasteiger partial charge in [-0.05, 0) is 6.07 Å². The number of hydrogen-bond acceptors (Lipinski definition) is 4. The molecule has 0 fully saturated rings. The maximum absolute atomic E-state index is 10.4. The van der Waals surface area contributed by atoms with Gasteiger partial charge in [-0.25, -0.2) is 4.98 Å². The molecule has 0 aliphatic heterocycles. The van der Waals surface area contributed by atoms with Gasteiger partial charge >= 0.3 is 5.97 Å². The van der Waals surface area contributed by atoms with Crippen molar-refractivity contribution in [3.63, 3.8) is 0 Å². The average Bonchev–Trinajstić information content (AvgIpc) is 2.16. The molecule has 3 N–H and O–H groups in total. The molecule has 0 amide bonds. The standard InChI is InChI=1S/C9H9N3O2/c10-5-8-6(2-1-3-12-8)7(11)4-9(13)14/h1-3,7H,4,11H2,(H,13,14)/t7-/m0/s1. The summed E-state index contributed by atoms with van der Waals surface area (Å²) in [7, 11) is 0. The molecule has 14 heavy (non-hydrogen) atoms. The summed E-state index contributed by atoms with van der Waals surface area (Å²) in [4.78, 5) is 14.2. The van der Waals surface area contributed by atoms with Gasteiger partial charge in [-0.15, -0.1) is 0 Å². The van der Waals surface area contributed by atoms with Crippen LogP contribution in [0.1, 0.15) is 23.7 Å². The molecule has 0 spiro atoms. The summed E-state index contributed by atoms with van der Waals surface area (Å²) in [6.07, 6.45) is 1.26. The third-order valence-corrected chi connectivity index (χ3v) is 1.74. The Labute approximate surface area is 80.8 Å². The number of nitrogens with zero attached hydrogens (tertiary/aromatic N) is 2. The van der Waals surface area contributed by atoms with Crippen LogP contribution < -0.4 is 5.73 Å². The second kappa shape index (κ2) is 4.35. The molecule has 1 aromatic heterocycles. The lowest BCUT2D eigenvalue weighted by molar-refractivity contribution is -0.137. The van der Waals surface area contributed by atoms with Crippen molar-refractivity contribution in [2.45, 2.75) is 12.5 Å². The second-order valence-corrected chi connectivity index (χ2v) is 2.76. The SMILES string of the molecule is N#Cc1ncccc1[C@@H](N)CC(=O)O. The third kappa shape index (κ3) is 2.28. The highest BCUT2D eigenvalue weighted by atomic mass is 16.4. The van der Waals surface area contributed by atoms with Crippen molar-refractivity contribution in [3.05, 3.63) is 29.6 Å². The van der Waals surface area contributed by atoms with E-state index in [0.29, 0.717) is 5.56 Å². The predicted octanol–water partition coefficient (Wildman–Crippen LogP) is 0.428. The highest BCUT2D eigenvalue weighted by Gasteiger charge is 2.14. The fourth-order valence-electron chi connectivity index (χ4n) is 1.11. The molecule has 0 aliphatic carbocycles. The Morgan fingerprint density at radius 3 is 3.07 bits per heavy atom. The molecule has 1 rings (SSSR count). The van der Waals surface area contributed by atoms with Crippen LogP contribution in [-0.4, -0.2) is 16.1 Å². The molecule has 0 saturated carbocycles. The average molecular weight is 191 g/mol. The molecule has 72 valence electrons. The molecular formula is C9H9N3O2. The molecule has 0 aromatic carbocycles. The number of nitrogens with two attached hydrogens (primary N) is 1. The number of aromatic nitrogens is 1. The fourth-order valence-corrected chi connectivity index (χ4v) is 1.11. The predicted molar refractivity (Wildman–Crippen MR) is 48.1 cm³/mol. The summed E-state index contributed by atoms with van der Waals surface area (Å²) in [6.45, 7) is 0. The molecular weight excluding hydrogens is 182 g/mol. The van der Waals surface area contributed by atoms with Gasteiger partial charge in [0.2, 0.25) is 0 Å². The van der Waals surface area contributed by atoms with E-state index < -0.39 is 12.0 Å². The van der Waals surface area contributed by atoms with Gasteiger partial charge in [0.05, 0.1) is 6.42 Å². The van der Waals surface area contributed by atoms with Crippen LogP contribution in [0, 0.1) is 11.3 Å². The van der Waals surface area contributed by atoms with Gasteiger partial charge in [-0.2, -0.15) is 5.26 Å². The van der Waals surface area contributed by atoms with Gasteiger partial charge in [0, 0.05) is 17.8 Å². The van der Waals surface area contributed by atoms with E-state index in [4.69, 9.17) is 16.1 Å². The highest BCUT2D eigenvalue weighted by molar-refractivity contribution is 5.68. The van der Waals surface area contributed by atoms with E-state index in [-0.39, 0.29) is 12.1 Å². The fraction of sp³-hybridized carbons (Fsp3) is 0.222. The van der Waals surface area contributed by atoms with E-state index in [1.54, 1.807) is 12.1 Å². The zero-order valence-electron chi connectivity index (χ0n) is 7.34. The van der Waals surface area contributed by atoms with Crippen molar-refractivity contribution in [1.82, 2.24) is 4.98 Å². The van der Waals surface area contributed by atoms with E-state index in [2.05, 4.69) is 4.98 Å². The number of pyridine rings is 1. The molecule has 0 aliphatic rings. The van der Waals surface area contributed by atoms with Gasteiger partial charge in [0.25, 0.3) is 0 Å². The summed E-state index contributed by atoms with van der Waals surface area (Å²) in [5, 5.41) is 17.2. The normalized spacial score (nSPS) is 11.7. The summed E-state index contributed by atoms with van der Waals surface area (Å²) >= 11 is 0. The lowest BCUT2D eigenvalue weighted by Crippen LogP contribution is -2.16. The molecule has 5 nitrogen and oxygen atoms in total. The smallest absolute Gasteiger partial charge is 0.305 e. The minimum Gasteiger partial charge on any atom is -0.481 e. The van der Waals surface area contributed by atoms with Crippen LogP contribution in [-0.2, 0) is 4.79 Å². The number of hydrogen-bond donors (Lipinski definition) is 2. The molecule has 0 unspecified atom stereocenters. The van der Waals surface area contributed by atoms with E-state index in [9.17, 15) is 4.79 Å². The van der Waals surface area contributed by atoms with Gasteiger partial charge in [0.15, 0.2) is 0 Å². The number of nitriles is 1. The van der Waals surface area contributed by atoms with E-state index in [1.807, 2.05) is 6.07 Å². The van der Waals surface area contributed by atoms with Gasteiger partial charge in [-0.3, -0.25) is 4.79 Å². The summed E-state index contributed by atoms with van der Waals surface area (Å²) in [5.74, 6) is -0.995. The minimum atomic E-state index is -0.995. The van der Waals surface area contributed by atoms with E-state index in [0.717, 1.165) is 0 Å². The van der Waals surface area contributed by atoms with Crippen LogP contribution in [0.15, 0.2) is 18.3 Å². The van der Waals surface area contributed by atoms with Crippen molar-refractivity contribution in [2.75, 3.05) is 0 Å². The Balaban J connectivity index is 2.95. The van der Waals surface area contributed by atoms with Crippen molar-refractivity contribution in [1.29, 1.82) is 5.26 Å². The van der Waals surface area contributed by atoms with Gasteiger partial charge in [0.1, 0.15) is 11.8 Å². The quantitative estimate of drug-likeness (QED) is 0.721. The zero-order valence-corrected chi connectivity index (χ0v) is 7.34. The maximum Gasteiger partial charge on any atom is 0.305 e. The lowest BCUT2D eigenvalue weighted by Gasteiger charge is -2.09. The Bertz CT molecular complexity index is 384. The van der Waals surface area contributed by atoms with Crippen molar-refractivity contribution < 1.29 is 9.90 Å². The third-order valence-electron chi connectivity index (χ3n) is 1.74. The monoisotopic (exact) mass is 191 g/mol. The number of carboxylic acid groups (broad SMARTS) is 1. The number of rotatable bonds is 3. The second-order valence-electron chi connectivity index (χ2n) is 2.76. The van der Waals surface area contributed by atoms with Crippen LogP contribution >= 0.6 is 0 Å². The first kappa shape index (κ1) is 10.2. The molecule has 0 radical (unpaired) electrons. The Morgan fingerprint density at radius 1 is 1.79 bits per heavy atom. The van der Waals surface area contributed by atoms with Crippen LogP contribution in [0.4, 0.5) is 0 Å². The molecule has 1 atom stereocenters. The molecule has 0 bridgehead atoms. The largest absolute Gasteiger partial charge is 0.481 e. The molecule has 0 saturated heterocycles. The zero-order chi connectivity index (χ0) is 10.6. The molecule has 5 heteroatoms. The van der Waals surface area contributed by atoms with E-state index >= 15 is 0 Å². The van der Waals surface area contributed by atoms with Crippen LogP contribution in [0.2, 0.25) is 0 Å². The van der Waals surface area contributed by atoms with Gasteiger partial charge < -0.3 is 10.8 Å². The molecule has 1 aromatic rings. The Kier molecular flexibility index (Phi) is 3.15. The number of carbonyl (C=O) groups is 1. The van der Waals surface area contributed by atoms with Crippen LogP contribution in [0.5, 0.6) is 0 Å². The first-order valence-corrected chi connectivity index (χ1v) is 3.97. The lowest BCUT2D eigenvalue weighted by atomic mass is 10.0. The van der Waals surface area contributed by atoms with Crippen LogP contribution in [0.25, 0.3) is 0 Å². The first-order chi connectivity index (χ1) is 6.65. The van der Waals surface area contributed by atoms with Crippen molar-refractivity contribution >= 4 is 5.97 Å². The highest BCUT2D eigenvalue weighted by Crippen LogP contribution is 2.15. The van der Waals surface area contributed by atoms with Crippen molar-refractivity contribution in [2.24, 2.45) is 5.73 Å². The van der Waals surface area contributed by atoms with Crippen molar-refractivity contribution in [3.8, 4) is 6.07 Å². The maximum atomic E-state index is 10.4. The summed E-state index contributed by atoms with van der Waals surface area (Å²) in [5.41, 5.74) is 6.25. The summed E-state index contributed by atoms with van der Waals surface area (Å²) in [6, 6.07) is 4.41. The number of aliphatic carboxylic acids is 1. The summed E-state index contributed by atoms with van der Waals surface area (Å²) < 4.78 is 0. The Hall–Kier alpha value is -1.93. The Morgan fingerprint density at radius 2 is 2.50 bits per heavy atom. The first-order valence-electron chi connectivity index (χ1n) is 3.97.